The van der Waals surface area contributed by atoms with Gasteiger partial charge in [0, 0.05) is 6.20 Å². The zero-order valence-corrected chi connectivity index (χ0v) is 15.0. The first kappa shape index (κ1) is 16.9. The molecule has 24 heavy (non-hydrogen) atoms. The molecule has 1 aromatic heterocycles. The summed E-state index contributed by atoms with van der Waals surface area (Å²) in [4.78, 5) is 17.2. The fourth-order valence-electron chi connectivity index (χ4n) is 2.82. The van der Waals surface area contributed by atoms with Gasteiger partial charge in [-0.3, -0.25) is 4.98 Å². The highest BCUT2D eigenvalue weighted by molar-refractivity contribution is 7.13. The molecule has 1 aliphatic rings. The van der Waals surface area contributed by atoms with Crippen LogP contribution < -0.4 is 5.32 Å². The van der Waals surface area contributed by atoms with Gasteiger partial charge in [0.25, 0.3) is 0 Å². The van der Waals surface area contributed by atoms with E-state index in [2.05, 4.69) is 22.4 Å². The zero-order chi connectivity index (χ0) is 17.2. The largest absolute Gasteiger partial charge is 0.444 e. The maximum atomic E-state index is 11.9. The van der Waals surface area contributed by atoms with Crippen molar-refractivity contribution in [2.24, 2.45) is 0 Å². The number of nitrogens with one attached hydrogen (secondary N) is 1. The van der Waals surface area contributed by atoms with E-state index in [-0.39, 0.29) is 6.10 Å². The van der Waals surface area contributed by atoms with E-state index in [0.29, 0.717) is 13.2 Å². The van der Waals surface area contributed by atoms with Crippen molar-refractivity contribution in [1.29, 1.82) is 0 Å². The van der Waals surface area contributed by atoms with Crippen LogP contribution in [0.25, 0.3) is 10.4 Å². The molecular weight excluding hydrogens is 324 g/mol. The molecule has 3 rings (SSSR count). The molecule has 6 heteroatoms. The quantitative estimate of drug-likeness (QED) is 0.914. The minimum Gasteiger partial charge on any atom is -0.444 e. The molecule has 0 saturated carbocycles. The van der Waals surface area contributed by atoms with Crippen LogP contribution in [-0.4, -0.2) is 29.8 Å². The van der Waals surface area contributed by atoms with Gasteiger partial charge >= 0.3 is 6.09 Å². The molecule has 1 N–H and O–H groups in total. The van der Waals surface area contributed by atoms with Gasteiger partial charge in [0.05, 0.1) is 23.5 Å². The lowest BCUT2D eigenvalue weighted by atomic mass is 9.92. The third kappa shape index (κ3) is 3.94. The number of thiazole rings is 1. The van der Waals surface area contributed by atoms with Crippen LogP contribution in [0, 0.1) is 0 Å². The Morgan fingerprint density at radius 3 is 3.00 bits per heavy atom. The molecule has 0 radical (unpaired) electrons. The summed E-state index contributed by atoms with van der Waals surface area (Å²) in [7, 11) is 0. The van der Waals surface area contributed by atoms with Gasteiger partial charge in [-0.05, 0) is 43.9 Å². The second kappa shape index (κ2) is 6.91. The van der Waals surface area contributed by atoms with E-state index in [9.17, 15) is 4.79 Å². The van der Waals surface area contributed by atoms with Crippen LogP contribution in [-0.2, 0) is 15.9 Å². The normalized spacial score (nSPS) is 17.2. The number of nitrogens with zero attached hydrogens (tertiary/aromatic N) is 1. The summed E-state index contributed by atoms with van der Waals surface area (Å²) in [6.07, 6.45) is 2.18. The van der Waals surface area contributed by atoms with Crippen molar-refractivity contribution in [2.75, 3.05) is 13.2 Å². The van der Waals surface area contributed by atoms with Gasteiger partial charge in [-0.25, -0.2) is 4.79 Å². The summed E-state index contributed by atoms with van der Waals surface area (Å²) in [6, 6.07) is 6.22. The van der Waals surface area contributed by atoms with Gasteiger partial charge in [-0.15, -0.1) is 11.3 Å². The molecule has 1 amide bonds. The first-order valence-electron chi connectivity index (χ1n) is 8.03. The maximum Gasteiger partial charge on any atom is 0.407 e. The second-order valence-corrected chi connectivity index (χ2v) is 7.62. The Hall–Kier alpha value is -1.92. The number of aromatic nitrogens is 1. The number of fused-ring (bicyclic) bond motifs is 1. The molecule has 2 heterocycles. The standard InChI is InChI=1S/C18H22N2O3S/c1-18(2,3)23-17(21)20-9-15-13-5-4-6-14(12(13)7-8-22-15)16-10-19-11-24-16/h4-6,10-11,15H,7-9H2,1-3H3,(H,20,21)/t15-/m1/s1. The van der Waals surface area contributed by atoms with E-state index in [1.165, 1.54) is 11.1 Å². The van der Waals surface area contributed by atoms with Gasteiger partial charge in [-0.1, -0.05) is 18.2 Å². The number of amides is 1. The van der Waals surface area contributed by atoms with Crippen LogP contribution in [0.2, 0.25) is 0 Å². The maximum absolute atomic E-state index is 11.9. The highest BCUT2D eigenvalue weighted by Gasteiger charge is 2.25. The van der Waals surface area contributed by atoms with Gasteiger partial charge in [-0.2, -0.15) is 0 Å². The van der Waals surface area contributed by atoms with E-state index < -0.39 is 11.7 Å². The van der Waals surface area contributed by atoms with Crippen molar-refractivity contribution in [3.05, 3.63) is 41.0 Å². The third-order valence-electron chi connectivity index (χ3n) is 3.76. The molecule has 128 valence electrons. The van der Waals surface area contributed by atoms with Gasteiger partial charge in [0.1, 0.15) is 11.7 Å². The number of alkyl carbamates (subject to hydrolysis) is 1. The first-order chi connectivity index (χ1) is 11.4. The van der Waals surface area contributed by atoms with Crippen molar-refractivity contribution < 1.29 is 14.3 Å². The van der Waals surface area contributed by atoms with Crippen LogP contribution in [0.4, 0.5) is 4.79 Å². The average molecular weight is 346 g/mol. The molecule has 0 bridgehead atoms. The van der Waals surface area contributed by atoms with Gasteiger partial charge in [0.15, 0.2) is 0 Å². The summed E-state index contributed by atoms with van der Waals surface area (Å²) >= 11 is 1.63. The summed E-state index contributed by atoms with van der Waals surface area (Å²) in [5.41, 5.74) is 4.96. The Morgan fingerprint density at radius 1 is 1.46 bits per heavy atom. The van der Waals surface area contributed by atoms with Crippen LogP contribution in [0.15, 0.2) is 29.9 Å². The Bertz CT molecular complexity index is 708. The van der Waals surface area contributed by atoms with Crippen LogP contribution in [0.1, 0.15) is 38.0 Å². The van der Waals surface area contributed by atoms with E-state index in [1.807, 2.05) is 38.5 Å². The molecule has 5 nitrogen and oxygen atoms in total. The van der Waals surface area contributed by atoms with Crippen LogP contribution in [0.5, 0.6) is 0 Å². The summed E-state index contributed by atoms with van der Waals surface area (Å²) in [6.45, 7) is 6.58. The molecule has 1 atom stereocenters. The van der Waals surface area contributed by atoms with Gasteiger partial charge < -0.3 is 14.8 Å². The molecule has 0 spiro atoms. The van der Waals surface area contributed by atoms with Crippen molar-refractivity contribution in [3.8, 4) is 10.4 Å². The second-order valence-electron chi connectivity index (χ2n) is 6.73. The Labute approximate surface area is 146 Å². The van der Waals surface area contributed by atoms with E-state index >= 15 is 0 Å². The predicted octanol–water partition coefficient (Wildman–Crippen LogP) is 3.95. The highest BCUT2D eigenvalue weighted by atomic mass is 32.1. The Morgan fingerprint density at radius 2 is 2.29 bits per heavy atom. The zero-order valence-electron chi connectivity index (χ0n) is 14.2. The molecule has 0 fully saturated rings. The van der Waals surface area contributed by atoms with Crippen molar-refractivity contribution in [2.45, 2.75) is 38.9 Å². The lowest BCUT2D eigenvalue weighted by Gasteiger charge is -2.28. The molecule has 0 saturated heterocycles. The van der Waals surface area contributed by atoms with E-state index in [4.69, 9.17) is 9.47 Å². The topological polar surface area (TPSA) is 60.5 Å². The predicted molar refractivity (Wildman–Crippen MR) is 94.2 cm³/mol. The molecule has 0 unspecified atom stereocenters. The minimum atomic E-state index is -0.505. The van der Waals surface area contributed by atoms with Crippen molar-refractivity contribution >= 4 is 17.4 Å². The van der Waals surface area contributed by atoms with E-state index in [1.54, 1.807) is 11.3 Å². The third-order valence-corrected chi connectivity index (χ3v) is 4.57. The first-order valence-corrected chi connectivity index (χ1v) is 8.91. The monoisotopic (exact) mass is 346 g/mol. The smallest absolute Gasteiger partial charge is 0.407 e. The summed E-state index contributed by atoms with van der Waals surface area (Å²) in [5, 5.41) is 2.81. The highest BCUT2D eigenvalue weighted by Crippen LogP contribution is 2.35. The van der Waals surface area contributed by atoms with Crippen molar-refractivity contribution in [1.82, 2.24) is 10.3 Å². The number of ether oxygens (including phenoxy) is 2. The molecule has 2 aromatic rings. The summed E-state index contributed by atoms with van der Waals surface area (Å²) in [5.74, 6) is 0. The fraction of sp³-hybridized carbons (Fsp3) is 0.444. The minimum absolute atomic E-state index is 0.158. The van der Waals surface area contributed by atoms with Gasteiger partial charge in [0.2, 0.25) is 0 Å². The van der Waals surface area contributed by atoms with Crippen molar-refractivity contribution in [3.63, 3.8) is 0 Å². The number of benzene rings is 1. The number of carbonyl (C=O) groups is 1. The lowest BCUT2D eigenvalue weighted by molar-refractivity contribution is 0.0290. The van der Waals surface area contributed by atoms with Crippen LogP contribution in [0.3, 0.4) is 0 Å². The molecule has 0 aliphatic carbocycles. The number of rotatable bonds is 3. The molecule has 1 aromatic carbocycles. The molecular formula is C18H22N2O3S. The fourth-order valence-corrected chi connectivity index (χ4v) is 3.49. The van der Waals surface area contributed by atoms with E-state index in [0.717, 1.165) is 16.9 Å². The SMILES string of the molecule is CC(C)(C)OC(=O)NC[C@H]1OCCc2c(-c3cncs3)cccc21. The number of hydrogen-bond donors (Lipinski definition) is 1. The number of carbonyl (C=O) groups excluding carboxylic acids is 1. The summed E-state index contributed by atoms with van der Waals surface area (Å²) < 4.78 is 11.2. The Kier molecular flexibility index (Phi) is 4.87. The van der Waals surface area contributed by atoms with Crippen LogP contribution >= 0.6 is 11.3 Å². The number of hydrogen-bond acceptors (Lipinski definition) is 5. The average Bonchev–Trinajstić information content (AvgIpc) is 3.05. The molecule has 1 aliphatic heterocycles. The Balaban J connectivity index is 1.75. The lowest BCUT2D eigenvalue weighted by Crippen LogP contribution is -2.36.